The minimum absolute atomic E-state index is 0.165. The van der Waals surface area contributed by atoms with E-state index in [1.54, 1.807) is 24.3 Å². The van der Waals surface area contributed by atoms with Crippen molar-refractivity contribution in [3.8, 4) is 5.75 Å². The van der Waals surface area contributed by atoms with Gasteiger partial charge in [-0.1, -0.05) is 19.4 Å². The van der Waals surface area contributed by atoms with Gasteiger partial charge in [0.25, 0.3) is 5.91 Å². The molecule has 19 heavy (non-hydrogen) atoms. The molecule has 0 aromatic heterocycles. The van der Waals surface area contributed by atoms with Gasteiger partial charge in [0.2, 0.25) is 5.91 Å². The molecule has 0 spiro atoms. The summed E-state index contributed by atoms with van der Waals surface area (Å²) in [6, 6.07) is 6.86. The van der Waals surface area contributed by atoms with Crippen molar-refractivity contribution >= 4 is 17.5 Å². The number of amides is 2. The number of anilines is 1. The van der Waals surface area contributed by atoms with Crippen LogP contribution in [0.25, 0.3) is 0 Å². The van der Waals surface area contributed by atoms with E-state index < -0.39 is 6.10 Å². The molecule has 0 bridgehead atoms. The molecule has 1 aromatic carbocycles. The molecule has 0 aliphatic rings. The molecule has 2 amide bonds. The van der Waals surface area contributed by atoms with Crippen LogP contribution in [0.1, 0.15) is 26.7 Å². The van der Waals surface area contributed by atoms with E-state index >= 15 is 0 Å². The first-order valence-corrected chi connectivity index (χ1v) is 6.11. The van der Waals surface area contributed by atoms with Crippen LogP contribution in [-0.4, -0.2) is 17.9 Å². The third-order valence-electron chi connectivity index (χ3n) is 2.42. The molecule has 4 N–H and O–H groups in total. The lowest BCUT2D eigenvalue weighted by Gasteiger charge is -2.17. The van der Waals surface area contributed by atoms with E-state index in [9.17, 15) is 9.59 Å². The first-order chi connectivity index (χ1) is 9.06. The SMILES string of the molecule is CCCC(Oc1cccc(NC(C)=O)c1)C(=O)NN. The van der Waals surface area contributed by atoms with Gasteiger partial charge in [0.05, 0.1) is 0 Å². The van der Waals surface area contributed by atoms with E-state index in [0.717, 1.165) is 6.42 Å². The molecular weight excluding hydrogens is 246 g/mol. The van der Waals surface area contributed by atoms with Crippen LogP contribution in [0, 0.1) is 0 Å². The lowest BCUT2D eigenvalue weighted by atomic mass is 10.2. The van der Waals surface area contributed by atoms with Gasteiger partial charge in [-0.3, -0.25) is 15.0 Å². The number of benzene rings is 1. The highest BCUT2D eigenvalue weighted by Gasteiger charge is 2.18. The lowest BCUT2D eigenvalue weighted by Crippen LogP contribution is -2.42. The van der Waals surface area contributed by atoms with Crippen LogP contribution < -0.4 is 21.3 Å². The highest BCUT2D eigenvalue weighted by molar-refractivity contribution is 5.88. The van der Waals surface area contributed by atoms with Gasteiger partial charge in [-0.2, -0.15) is 0 Å². The zero-order valence-electron chi connectivity index (χ0n) is 11.1. The Balaban J connectivity index is 2.78. The van der Waals surface area contributed by atoms with Gasteiger partial charge in [-0.25, -0.2) is 5.84 Å². The minimum atomic E-state index is -0.637. The topological polar surface area (TPSA) is 93.4 Å². The summed E-state index contributed by atoms with van der Waals surface area (Å²) in [6.07, 6.45) is 0.722. The zero-order valence-corrected chi connectivity index (χ0v) is 11.1. The van der Waals surface area contributed by atoms with Crippen molar-refractivity contribution in [3.05, 3.63) is 24.3 Å². The molecule has 0 aliphatic heterocycles. The molecule has 0 radical (unpaired) electrons. The Morgan fingerprint density at radius 2 is 2.16 bits per heavy atom. The average Bonchev–Trinajstić information content (AvgIpc) is 2.37. The second-order valence-corrected chi connectivity index (χ2v) is 4.11. The van der Waals surface area contributed by atoms with Crippen LogP contribution in [0.2, 0.25) is 0 Å². The number of hydrogen-bond acceptors (Lipinski definition) is 4. The molecule has 6 heteroatoms. The zero-order chi connectivity index (χ0) is 14.3. The predicted octanol–water partition coefficient (Wildman–Crippen LogP) is 1.18. The van der Waals surface area contributed by atoms with Crippen LogP contribution in [0.15, 0.2) is 24.3 Å². The van der Waals surface area contributed by atoms with E-state index in [2.05, 4.69) is 10.7 Å². The van der Waals surface area contributed by atoms with E-state index in [-0.39, 0.29) is 11.8 Å². The third kappa shape index (κ3) is 4.97. The quantitative estimate of drug-likeness (QED) is 0.409. The second-order valence-electron chi connectivity index (χ2n) is 4.11. The lowest BCUT2D eigenvalue weighted by molar-refractivity contribution is -0.128. The Hall–Kier alpha value is -2.08. The molecule has 1 unspecified atom stereocenters. The Labute approximate surface area is 112 Å². The summed E-state index contributed by atoms with van der Waals surface area (Å²) in [7, 11) is 0. The Kier molecular flexibility index (Phi) is 5.81. The molecule has 1 rings (SSSR count). The van der Waals surface area contributed by atoms with E-state index in [1.165, 1.54) is 6.92 Å². The fourth-order valence-corrected chi connectivity index (χ4v) is 1.61. The number of nitrogens with two attached hydrogens (primary N) is 1. The highest BCUT2D eigenvalue weighted by atomic mass is 16.5. The van der Waals surface area contributed by atoms with Gasteiger partial charge in [-0.05, 0) is 18.6 Å². The monoisotopic (exact) mass is 265 g/mol. The molecule has 0 saturated heterocycles. The molecule has 0 fully saturated rings. The third-order valence-corrected chi connectivity index (χ3v) is 2.42. The normalized spacial score (nSPS) is 11.5. The fraction of sp³-hybridized carbons (Fsp3) is 0.385. The summed E-state index contributed by atoms with van der Waals surface area (Å²) < 4.78 is 5.59. The molecule has 1 aromatic rings. The Bertz CT molecular complexity index is 449. The second kappa shape index (κ2) is 7.38. The maximum absolute atomic E-state index is 11.5. The summed E-state index contributed by atoms with van der Waals surface area (Å²) in [6.45, 7) is 3.38. The summed E-state index contributed by atoms with van der Waals surface area (Å²) in [5.41, 5.74) is 2.70. The van der Waals surface area contributed by atoms with E-state index in [1.807, 2.05) is 6.92 Å². The molecule has 0 aliphatic carbocycles. The smallest absolute Gasteiger partial charge is 0.274 e. The number of hydrogen-bond donors (Lipinski definition) is 3. The number of carbonyl (C=O) groups excluding carboxylic acids is 2. The van der Waals surface area contributed by atoms with E-state index in [0.29, 0.717) is 17.9 Å². The summed E-state index contributed by atoms with van der Waals surface area (Å²) in [5, 5.41) is 2.65. The first kappa shape index (κ1) is 15.0. The molecule has 104 valence electrons. The predicted molar refractivity (Wildman–Crippen MR) is 72.4 cm³/mol. The fourth-order valence-electron chi connectivity index (χ4n) is 1.61. The van der Waals surface area contributed by atoms with Gasteiger partial charge >= 0.3 is 0 Å². The van der Waals surface area contributed by atoms with Crippen LogP contribution in [0.5, 0.6) is 5.75 Å². The molecule has 0 heterocycles. The van der Waals surface area contributed by atoms with Crippen molar-refractivity contribution in [2.75, 3.05) is 5.32 Å². The maximum Gasteiger partial charge on any atom is 0.274 e. The number of rotatable bonds is 6. The summed E-state index contributed by atoms with van der Waals surface area (Å²) >= 11 is 0. The Morgan fingerprint density at radius 1 is 1.42 bits per heavy atom. The van der Waals surface area contributed by atoms with Gasteiger partial charge in [-0.15, -0.1) is 0 Å². The van der Waals surface area contributed by atoms with Crippen molar-refractivity contribution < 1.29 is 14.3 Å². The van der Waals surface area contributed by atoms with Crippen molar-refractivity contribution in [1.29, 1.82) is 0 Å². The Morgan fingerprint density at radius 3 is 2.74 bits per heavy atom. The number of carbonyl (C=O) groups is 2. The van der Waals surface area contributed by atoms with Crippen molar-refractivity contribution in [1.82, 2.24) is 5.43 Å². The van der Waals surface area contributed by atoms with Crippen molar-refractivity contribution in [2.24, 2.45) is 5.84 Å². The van der Waals surface area contributed by atoms with Crippen LogP contribution in [-0.2, 0) is 9.59 Å². The number of hydrazine groups is 1. The van der Waals surface area contributed by atoms with Crippen molar-refractivity contribution in [3.63, 3.8) is 0 Å². The first-order valence-electron chi connectivity index (χ1n) is 6.11. The highest BCUT2D eigenvalue weighted by Crippen LogP contribution is 2.19. The summed E-state index contributed by atoms with van der Waals surface area (Å²) in [4.78, 5) is 22.5. The van der Waals surface area contributed by atoms with E-state index in [4.69, 9.17) is 10.6 Å². The molecular formula is C13H19N3O3. The van der Waals surface area contributed by atoms with Gasteiger partial charge in [0.15, 0.2) is 6.10 Å². The van der Waals surface area contributed by atoms with Gasteiger partial charge in [0, 0.05) is 18.7 Å². The van der Waals surface area contributed by atoms with Crippen LogP contribution in [0.3, 0.4) is 0 Å². The molecule has 1 atom stereocenters. The molecule has 6 nitrogen and oxygen atoms in total. The maximum atomic E-state index is 11.5. The molecule has 0 saturated carbocycles. The minimum Gasteiger partial charge on any atom is -0.480 e. The number of ether oxygens (including phenoxy) is 1. The standard InChI is InChI=1S/C13H19N3O3/c1-3-5-12(13(18)16-14)19-11-7-4-6-10(8-11)15-9(2)17/h4,6-8,12H,3,5,14H2,1-2H3,(H,15,17)(H,16,18). The average molecular weight is 265 g/mol. The largest absolute Gasteiger partial charge is 0.480 e. The van der Waals surface area contributed by atoms with Crippen LogP contribution >= 0.6 is 0 Å². The van der Waals surface area contributed by atoms with Crippen molar-refractivity contribution in [2.45, 2.75) is 32.8 Å². The van der Waals surface area contributed by atoms with Gasteiger partial charge < -0.3 is 10.1 Å². The summed E-state index contributed by atoms with van der Waals surface area (Å²) in [5.74, 6) is 5.09. The number of nitrogens with one attached hydrogen (secondary N) is 2. The van der Waals surface area contributed by atoms with Gasteiger partial charge in [0.1, 0.15) is 5.75 Å². The van der Waals surface area contributed by atoms with Crippen LogP contribution in [0.4, 0.5) is 5.69 Å².